The lowest BCUT2D eigenvalue weighted by Gasteiger charge is -2.05. The lowest BCUT2D eigenvalue weighted by atomic mass is 10.1. The van der Waals surface area contributed by atoms with Crippen molar-refractivity contribution in [3.8, 4) is 11.3 Å². The Morgan fingerprint density at radius 2 is 1.31 bits per heavy atom. The Bertz CT molecular complexity index is 508. The van der Waals surface area contributed by atoms with Crippen molar-refractivity contribution in [2.45, 2.75) is 0 Å². The molecule has 16 heavy (non-hydrogen) atoms. The van der Waals surface area contributed by atoms with Crippen LogP contribution < -0.4 is 0 Å². The van der Waals surface area contributed by atoms with Crippen LogP contribution in [0.5, 0.6) is 0 Å². The van der Waals surface area contributed by atoms with Crippen molar-refractivity contribution in [1.29, 1.82) is 0 Å². The number of hydrogen-bond donors (Lipinski definition) is 0. The summed E-state index contributed by atoms with van der Waals surface area (Å²) < 4.78 is 64.7. The van der Waals surface area contributed by atoms with E-state index in [2.05, 4.69) is 4.98 Å². The molecule has 0 unspecified atom stereocenters. The Morgan fingerprint density at radius 1 is 0.812 bits per heavy atom. The molecule has 1 heterocycles. The van der Waals surface area contributed by atoms with Crippen LogP contribution in [0, 0.1) is 29.1 Å². The first-order valence-corrected chi connectivity index (χ1v) is 4.88. The zero-order chi connectivity index (χ0) is 11.9. The second-order valence-electron chi connectivity index (χ2n) is 2.82. The summed E-state index contributed by atoms with van der Waals surface area (Å²) in [5.41, 5.74) is -0.0524. The SMILES string of the molecule is Fc1c(F)c(F)c(-c2cscn2)c(F)c1F. The molecule has 0 spiro atoms. The predicted molar refractivity (Wildman–Crippen MR) is 47.3 cm³/mol. The van der Waals surface area contributed by atoms with Gasteiger partial charge in [-0.05, 0) is 0 Å². The van der Waals surface area contributed by atoms with Crippen molar-refractivity contribution in [1.82, 2.24) is 4.98 Å². The molecular weight excluding hydrogens is 249 g/mol. The maximum Gasteiger partial charge on any atom is 0.200 e. The average Bonchev–Trinajstić information content (AvgIpc) is 2.77. The number of rotatable bonds is 1. The van der Waals surface area contributed by atoms with E-state index in [-0.39, 0.29) is 5.69 Å². The van der Waals surface area contributed by atoms with Crippen LogP contribution in [0.15, 0.2) is 10.9 Å². The van der Waals surface area contributed by atoms with Crippen molar-refractivity contribution in [2.24, 2.45) is 0 Å². The molecule has 0 atom stereocenters. The van der Waals surface area contributed by atoms with Crippen LogP contribution >= 0.6 is 11.3 Å². The zero-order valence-corrected chi connectivity index (χ0v) is 8.22. The molecule has 0 saturated carbocycles. The average molecular weight is 251 g/mol. The molecule has 0 aliphatic heterocycles. The van der Waals surface area contributed by atoms with Gasteiger partial charge in [0.05, 0.1) is 16.8 Å². The van der Waals surface area contributed by atoms with E-state index in [4.69, 9.17) is 0 Å². The third-order valence-electron chi connectivity index (χ3n) is 1.90. The van der Waals surface area contributed by atoms with Crippen molar-refractivity contribution in [2.75, 3.05) is 0 Å². The van der Waals surface area contributed by atoms with Gasteiger partial charge >= 0.3 is 0 Å². The first-order valence-electron chi connectivity index (χ1n) is 3.94. The molecule has 2 rings (SSSR count). The number of benzene rings is 1. The molecule has 1 aromatic carbocycles. The van der Waals surface area contributed by atoms with Gasteiger partial charge in [-0.3, -0.25) is 0 Å². The predicted octanol–water partition coefficient (Wildman–Crippen LogP) is 3.51. The molecule has 0 radical (unpaired) electrons. The van der Waals surface area contributed by atoms with Gasteiger partial charge in [0.2, 0.25) is 5.82 Å². The number of nitrogens with zero attached hydrogens (tertiary/aromatic N) is 1. The monoisotopic (exact) mass is 251 g/mol. The number of halogens is 5. The molecule has 0 aliphatic carbocycles. The Balaban J connectivity index is 2.81. The van der Waals surface area contributed by atoms with Gasteiger partial charge < -0.3 is 0 Å². The maximum absolute atomic E-state index is 13.2. The molecule has 1 nitrogen and oxygen atoms in total. The van der Waals surface area contributed by atoms with Crippen molar-refractivity contribution in [3.05, 3.63) is 40.0 Å². The van der Waals surface area contributed by atoms with Crippen LogP contribution in [0.4, 0.5) is 22.0 Å². The molecular formula is C9H2F5NS. The van der Waals surface area contributed by atoms with Gasteiger partial charge in [-0.25, -0.2) is 26.9 Å². The highest BCUT2D eigenvalue weighted by Crippen LogP contribution is 2.30. The minimum atomic E-state index is -2.17. The van der Waals surface area contributed by atoms with Gasteiger partial charge in [0.25, 0.3) is 0 Å². The van der Waals surface area contributed by atoms with Gasteiger partial charge in [-0.15, -0.1) is 11.3 Å². The Hall–Kier alpha value is -1.50. The highest BCUT2D eigenvalue weighted by atomic mass is 32.1. The number of hydrogen-bond acceptors (Lipinski definition) is 2. The quantitative estimate of drug-likeness (QED) is 0.429. The van der Waals surface area contributed by atoms with Crippen LogP contribution in [-0.2, 0) is 0 Å². The standard InChI is InChI=1S/C9H2F5NS/c10-5-4(3-1-16-2-15-3)6(11)8(13)9(14)7(5)12/h1-2H. The summed E-state index contributed by atoms with van der Waals surface area (Å²) >= 11 is 0.985. The molecule has 0 N–H and O–H groups in total. The van der Waals surface area contributed by atoms with Crippen molar-refractivity contribution >= 4 is 11.3 Å². The van der Waals surface area contributed by atoms with E-state index in [0.717, 1.165) is 11.3 Å². The topological polar surface area (TPSA) is 12.9 Å². The molecule has 0 bridgehead atoms. The maximum atomic E-state index is 13.2. The minimum Gasteiger partial charge on any atom is -0.244 e. The van der Waals surface area contributed by atoms with E-state index in [1.807, 2.05) is 0 Å². The van der Waals surface area contributed by atoms with Gasteiger partial charge in [0.1, 0.15) is 0 Å². The largest absolute Gasteiger partial charge is 0.244 e. The van der Waals surface area contributed by atoms with E-state index >= 15 is 0 Å². The molecule has 0 saturated heterocycles. The lowest BCUT2D eigenvalue weighted by molar-refractivity contribution is 0.381. The Labute approximate surface area is 90.2 Å². The summed E-state index contributed by atoms with van der Waals surface area (Å²) in [4.78, 5) is 3.50. The molecule has 1 aromatic heterocycles. The van der Waals surface area contributed by atoms with Gasteiger partial charge in [-0.1, -0.05) is 0 Å². The summed E-state index contributed by atoms with van der Waals surface area (Å²) in [6, 6.07) is 0. The molecule has 0 fully saturated rings. The molecule has 2 aromatic rings. The summed E-state index contributed by atoms with van der Waals surface area (Å²) in [5, 5.41) is 1.19. The van der Waals surface area contributed by atoms with E-state index < -0.39 is 34.6 Å². The second-order valence-corrected chi connectivity index (χ2v) is 3.54. The highest BCUT2D eigenvalue weighted by molar-refractivity contribution is 7.07. The fraction of sp³-hybridized carbons (Fsp3) is 0. The second kappa shape index (κ2) is 3.82. The molecule has 84 valence electrons. The van der Waals surface area contributed by atoms with Crippen LogP contribution in [0.1, 0.15) is 0 Å². The number of aromatic nitrogens is 1. The first kappa shape index (κ1) is 11.0. The summed E-state index contributed by atoms with van der Waals surface area (Å²) in [6.07, 6.45) is 0. The normalized spacial score (nSPS) is 10.8. The lowest BCUT2D eigenvalue weighted by Crippen LogP contribution is -2.04. The van der Waals surface area contributed by atoms with E-state index in [1.54, 1.807) is 0 Å². The Kier molecular flexibility index (Phi) is 2.63. The number of thiazole rings is 1. The summed E-state index contributed by atoms with van der Waals surface area (Å²) in [5.74, 6) is -9.86. The third kappa shape index (κ3) is 1.47. The summed E-state index contributed by atoms with van der Waals surface area (Å²) in [7, 11) is 0. The van der Waals surface area contributed by atoms with Gasteiger partial charge in [-0.2, -0.15) is 0 Å². The van der Waals surface area contributed by atoms with Crippen LogP contribution in [0.3, 0.4) is 0 Å². The van der Waals surface area contributed by atoms with E-state index in [0.29, 0.717) is 0 Å². The molecule has 0 amide bonds. The highest BCUT2D eigenvalue weighted by Gasteiger charge is 2.27. The fourth-order valence-electron chi connectivity index (χ4n) is 1.17. The molecule has 0 aliphatic rings. The minimum absolute atomic E-state index is 0.280. The van der Waals surface area contributed by atoms with E-state index in [1.165, 1.54) is 10.9 Å². The van der Waals surface area contributed by atoms with Crippen molar-refractivity contribution < 1.29 is 22.0 Å². The zero-order valence-electron chi connectivity index (χ0n) is 7.40. The third-order valence-corrected chi connectivity index (χ3v) is 2.48. The molecule has 7 heteroatoms. The van der Waals surface area contributed by atoms with Crippen LogP contribution in [0.25, 0.3) is 11.3 Å². The van der Waals surface area contributed by atoms with Crippen LogP contribution in [0.2, 0.25) is 0 Å². The summed E-state index contributed by atoms with van der Waals surface area (Å²) in [6.45, 7) is 0. The van der Waals surface area contributed by atoms with Crippen LogP contribution in [-0.4, -0.2) is 4.98 Å². The van der Waals surface area contributed by atoms with Gasteiger partial charge in [0.15, 0.2) is 23.3 Å². The Morgan fingerprint density at radius 3 is 1.75 bits per heavy atom. The van der Waals surface area contributed by atoms with Crippen molar-refractivity contribution in [3.63, 3.8) is 0 Å². The smallest absolute Gasteiger partial charge is 0.200 e. The first-order chi connectivity index (χ1) is 7.54. The van der Waals surface area contributed by atoms with Gasteiger partial charge in [0, 0.05) is 5.38 Å². The fourth-order valence-corrected chi connectivity index (χ4v) is 1.71. The van der Waals surface area contributed by atoms with E-state index in [9.17, 15) is 22.0 Å².